The van der Waals surface area contributed by atoms with Gasteiger partial charge in [0, 0.05) is 31.6 Å². The predicted octanol–water partition coefficient (Wildman–Crippen LogP) is 2.31. The molecule has 3 atom stereocenters. The second-order valence-corrected chi connectivity index (χ2v) is 8.35. The minimum absolute atomic E-state index is 0.00387. The summed E-state index contributed by atoms with van der Waals surface area (Å²) >= 11 is 0. The SMILES string of the molecule is CCCCN(CCCC)C(=O)CN1CC(c2ccc3c(c2)OCO3)[C@H](C(=O)O)[C@H]1CO. The molecule has 3 rings (SSSR count). The highest BCUT2D eigenvalue weighted by Crippen LogP contribution is 2.41. The molecule has 1 fully saturated rings. The predicted molar refractivity (Wildman–Crippen MR) is 115 cm³/mol. The molecule has 2 aliphatic heterocycles. The monoisotopic (exact) mass is 434 g/mol. The maximum Gasteiger partial charge on any atom is 0.308 e. The van der Waals surface area contributed by atoms with Crippen LogP contribution in [0, 0.1) is 5.92 Å². The van der Waals surface area contributed by atoms with Crippen molar-refractivity contribution in [3.05, 3.63) is 23.8 Å². The lowest BCUT2D eigenvalue weighted by molar-refractivity contribution is -0.144. The fourth-order valence-electron chi connectivity index (χ4n) is 4.53. The number of aliphatic hydroxyl groups excluding tert-OH is 1. The first-order valence-electron chi connectivity index (χ1n) is 11.2. The quantitative estimate of drug-likeness (QED) is 0.551. The zero-order chi connectivity index (χ0) is 22.4. The van der Waals surface area contributed by atoms with Crippen molar-refractivity contribution in [1.82, 2.24) is 9.80 Å². The molecule has 8 heteroatoms. The van der Waals surface area contributed by atoms with E-state index >= 15 is 0 Å². The van der Waals surface area contributed by atoms with Crippen LogP contribution >= 0.6 is 0 Å². The summed E-state index contributed by atoms with van der Waals surface area (Å²) < 4.78 is 10.8. The summed E-state index contributed by atoms with van der Waals surface area (Å²) in [5, 5.41) is 20.0. The summed E-state index contributed by atoms with van der Waals surface area (Å²) in [4.78, 5) is 28.9. The Morgan fingerprint density at radius 3 is 2.42 bits per heavy atom. The van der Waals surface area contributed by atoms with E-state index in [1.54, 1.807) is 6.07 Å². The molecule has 1 aromatic rings. The smallest absolute Gasteiger partial charge is 0.308 e. The number of carbonyl (C=O) groups excluding carboxylic acids is 1. The molecule has 2 heterocycles. The largest absolute Gasteiger partial charge is 0.481 e. The van der Waals surface area contributed by atoms with Crippen molar-refractivity contribution >= 4 is 11.9 Å². The molecule has 0 radical (unpaired) electrons. The Bertz CT molecular complexity index is 762. The molecule has 0 aliphatic carbocycles. The number of rotatable bonds is 11. The zero-order valence-corrected chi connectivity index (χ0v) is 18.5. The van der Waals surface area contributed by atoms with E-state index in [1.807, 2.05) is 21.9 Å². The van der Waals surface area contributed by atoms with Crippen LogP contribution in [0.3, 0.4) is 0 Å². The minimum atomic E-state index is -0.967. The number of aliphatic carboxylic acids is 1. The number of amides is 1. The van der Waals surface area contributed by atoms with Crippen LogP contribution in [0.5, 0.6) is 11.5 Å². The van der Waals surface area contributed by atoms with Gasteiger partial charge < -0.3 is 24.6 Å². The Labute approximate surface area is 183 Å². The first kappa shape index (κ1) is 23.3. The highest BCUT2D eigenvalue weighted by molar-refractivity contribution is 5.79. The second-order valence-electron chi connectivity index (χ2n) is 8.35. The summed E-state index contributed by atoms with van der Waals surface area (Å²) in [6.07, 6.45) is 3.89. The van der Waals surface area contributed by atoms with Gasteiger partial charge >= 0.3 is 5.97 Å². The van der Waals surface area contributed by atoms with Crippen LogP contribution in [-0.2, 0) is 9.59 Å². The van der Waals surface area contributed by atoms with E-state index in [4.69, 9.17) is 9.47 Å². The minimum Gasteiger partial charge on any atom is -0.481 e. The number of aliphatic hydroxyl groups is 1. The van der Waals surface area contributed by atoms with Gasteiger partial charge in [0.15, 0.2) is 11.5 Å². The molecule has 172 valence electrons. The van der Waals surface area contributed by atoms with Gasteiger partial charge in [0.2, 0.25) is 12.7 Å². The van der Waals surface area contributed by atoms with Crippen molar-refractivity contribution in [3.63, 3.8) is 0 Å². The van der Waals surface area contributed by atoms with Crippen molar-refractivity contribution in [2.45, 2.75) is 51.5 Å². The van der Waals surface area contributed by atoms with Gasteiger partial charge in [-0.3, -0.25) is 14.5 Å². The Morgan fingerprint density at radius 2 is 1.81 bits per heavy atom. The molecule has 0 bridgehead atoms. The van der Waals surface area contributed by atoms with Crippen LogP contribution in [0.25, 0.3) is 0 Å². The lowest BCUT2D eigenvalue weighted by Gasteiger charge is -2.28. The van der Waals surface area contributed by atoms with Crippen LogP contribution in [0.15, 0.2) is 18.2 Å². The van der Waals surface area contributed by atoms with E-state index in [2.05, 4.69) is 13.8 Å². The molecule has 2 N–H and O–H groups in total. The van der Waals surface area contributed by atoms with Gasteiger partial charge in [-0.2, -0.15) is 0 Å². The number of hydrogen-bond acceptors (Lipinski definition) is 6. The van der Waals surface area contributed by atoms with Crippen molar-refractivity contribution < 1.29 is 29.3 Å². The van der Waals surface area contributed by atoms with Gasteiger partial charge in [0.1, 0.15) is 0 Å². The standard InChI is InChI=1S/C23H34N2O6/c1-3-5-9-24(10-6-4-2)21(27)13-25-12-17(22(23(28)29)18(25)14-26)16-7-8-19-20(11-16)31-15-30-19/h7-8,11,17-18,22,26H,3-6,9-10,12-15H2,1-2H3,(H,28,29)/t17?,18-,22+/m1/s1. The van der Waals surface area contributed by atoms with Gasteiger partial charge in [-0.1, -0.05) is 32.8 Å². The third kappa shape index (κ3) is 5.30. The Hall–Kier alpha value is -2.32. The maximum absolute atomic E-state index is 13.1. The first-order valence-corrected chi connectivity index (χ1v) is 11.2. The van der Waals surface area contributed by atoms with E-state index < -0.39 is 17.9 Å². The average Bonchev–Trinajstić information content (AvgIpc) is 3.37. The third-order valence-electron chi connectivity index (χ3n) is 6.30. The zero-order valence-electron chi connectivity index (χ0n) is 18.5. The molecule has 0 aromatic heterocycles. The van der Waals surface area contributed by atoms with Crippen LogP contribution in [0.1, 0.15) is 51.0 Å². The van der Waals surface area contributed by atoms with E-state index in [0.717, 1.165) is 31.2 Å². The van der Waals surface area contributed by atoms with Gasteiger partial charge in [0.25, 0.3) is 0 Å². The van der Waals surface area contributed by atoms with Crippen molar-refractivity contribution in [1.29, 1.82) is 0 Å². The maximum atomic E-state index is 13.1. The highest BCUT2D eigenvalue weighted by atomic mass is 16.7. The highest BCUT2D eigenvalue weighted by Gasteiger charge is 2.47. The molecule has 1 amide bonds. The van der Waals surface area contributed by atoms with Crippen molar-refractivity contribution in [3.8, 4) is 11.5 Å². The molecule has 31 heavy (non-hydrogen) atoms. The van der Waals surface area contributed by atoms with Gasteiger partial charge in [-0.25, -0.2) is 0 Å². The van der Waals surface area contributed by atoms with Crippen LogP contribution in [0.4, 0.5) is 0 Å². The molecule has 0 spiro atoms. The fourth-order valence-corrected chi connectivity index (χ4v) is 4.53. The number of nitrogens with zero attached hydrogens (tertiary/aromatic N) is 2. The number of ether oxygens (including phenoxy) is 2. The summed E-state index contributed by atoms with van der Waals surface area (Å²) in [7, 11) is 0. The van der Waals surface area contributed by atoms with E-state index in [9.17, 15) is 19.8 Å². The molecule has 1 saturated heterocycles. The van der Waals surface area contributed by atoms with Crippen LogP contribution in [-0.4, -0.2) is 77.5 Å². The fraction of sp³-hybridized carbons (Fsp3) is 0.652. The third-order valence-corrected chi connectivity index (χ3v) is 6.30. The number of carboxylic acids is 1. The summed E-state index contributed by atoms with van der Waals surface area (Å²) in [5.41, 5.74) is 0.818. The van der Waals surface area contributed by atoms with E-state index in [1.165, 1.54) is 0 Å². The number of fused-ring (bicyclic) bond motifs is 1. The Morgan fingerprint density at radius 1 is 1.13 bits per heavy atom. The van der Waals surface area contributed by atoms with Gasteiger partial charge in [-0.05, 0) is 30.5 Å². The molecule has 1 unspecified atom stereocenters. The van der Waals surface area contributed by atoms with Gasteiger partial charge in [0.05, 0.1) is 19.1 Å². The molecule has 1 aromatic carbocycles. The van der Waals surface area contributed by atoms with E-state index in [0.29, 0.717) is 31.1 Å². The average molecular weight is 435 g/mol. The number of carboxylic acid groups (broad SMARTS) is 1. The topological polar surface area (TPSA) is 99.5 Å². The van der Waals surface area contributed by atoms with Crippen LogP contribution < -0.4 is 9.47 Å². The second kappa shape index (κ2) is 10.8. The molecule has 0 saturated carbocycles. The number of likely N-dealkylation sites (tertiary alicyclic amines) is 1. The lowest BCUT2D eigenvalue weighted by atomic mass is 9.85. The van der Waals surface area contributed by atoms with E-state index in [-0.39, 0.29) is 31.8 Å². The van der Waals surface area contributed by atoms with Gasteiger partial charge in [-0.15, -0.1) is 0 Å². The number of carbonyl (C=O) groups is 2. The number of benzene rings is 1. The number of hydrogen-bond donors (Lipinski definition) is 2. The normalized spacial score (nSPS) is 22.6. The molecule has 2 aliphatic rings. The lowest BCUT2D eigenvalue weighted by Crippen LogP contribution is -2.46. The van der Waals surface area contributed by atoms with Crippen molar-refractivity contribution in [2.75, 3.05) is 39.6 Å². The Balaban J connectivity index is 1.78. The Kier molecular flexibility index (Phi) is 8.15. The summed E-state index contributed by atoms with van der Waals surface area (Å²) in [6.45, 7) is 5.96. The molecular weight excluding hydrogens is 400 g/mol. The summed E-state index contributed by atoms with van der Waals surface area (Å²) in [6, 6.07) is 4.84. The number of unbranched alkanes of at least 4 members (excludes halogenated alkanes) is 2. The summed E-state index contributed by atoms with van der Waals surface area (Å²) in [5.74, 6) is -0.889. The van der Waals surface area contributed by atoms with Crippen molar-refractivity contribution in [2.24, 2.45) is 5.92 Å². The molecular formula is C23H34N2O6. The first-order chi connectivity index (χ1) is 15.0. The molecule has 8 nitrogen and oxygen atoms in total. The van der Waals surface area contributed by atoms with Crippen LogP contribution in [0.2, 0.25) is 0 Å².